The first-order valence-electron chi connectivity index (χ1n) is 8.52. The Morgan fingerprint density at radius 2 is 1.87 bits per heavy atom. The summed E-state index contributed by atoms with van der Waals surface area (Å²) in [5.41, 5.74) is 1.23. The van der Waals surface area contributed by atoms with E-state index < -0.39 is 0 Å². The molecule has 5 nitrogen and oxygen atoms in total. The molecule has 0 saturated carbocycles. The highest BCUT2D eigenvalue weighted by atomic mass is 16.5. The molecule has 0 bridgehead atoms. The number of rotatable bonds is 4. The van der Waals surface area contributed by atoms with Gasteiger partial charge in [-0.2, -0.15) is 0 Å². The molecule has 2 saturated heterocycles. The number of carbonyl (C=O) groups is 1. The molecule has 0 aromatic heterocycles. The van der Waals surface area contributed by atoms with Crippen molar-refractivity contribution < 1.29 is 9.53 Å². The third-order valence-electron chi connectivity index (χ3n) is 4.70. The predicted molar refractivity (Wildman–Crippen MR) is 90.7 cm³/mol. The fourth-order valence-corrected chi connectivity index (χ4v) is 3.07. The number of amides is 1. The Kier molecular flexibility index (Phi) is 5.18. The van der Waals surface area contributed by atoms with Crippen LogP contribution < -0.4 is 4.74 Å². The van der Waals surface area contributed by atoms with Gasteiger partial charge < -0.3 is 14.5 Å². The lowest BCUT2D eigenvalue weighted by atomic mass is 10.1. The molecule has 0 spiro atoms. The van der Waals surface area contributed by atoms with Gasteiger partial charge in [0.1, 0.15) is 11.9 Å². The summed E-state index contributed by atoms with van der Waals surface area (Å²) in [7, 11) is 2.15. The van der Waals surface area contributed by atoms with Gasteiger partial charge >= 0.3 is 0 Å². The zero-order chi connectivity index (χ0) is 16.2. The van der Waals surface area contributed by atoms with Crippen LogP contribution in [0.2, 0.25) is 0 Å². The first-order chi connectivity index (χ1) is 11.1. The molecule has 2 aliphatic rings. The molecule has 0 aliphatic carbocycles. The minimum atomic E-state index is 0.136. The van der Waals surface area contributed by atoms with Gasteiger partial charge in [0, 0.05) is 13.1 Å². The van der Waals surface area contributed by atoms with Crippen molar-refractivity contribution in [3.8, 4) is 5.75 Å². The number of likely N-dealkylation sites (N-methyl/N-ethyl adjacent to an activating group) is 1. The number of carbonyl (C=O) groups excluding carboxylic acids is 1. The van der Waals surface area contributed by atoms with Gasteiger partial charge in [-0.3, -0.25) is 9.69 Å². The van der Waals surface area contributed by atoms with E-state index in [4.69, 9.17) is 4.74 Å². The molecular formula is C18H27N3O2. The highest BCUT2D eigenvalue weighted by molar-refractivity contribution is 5.79. The number of benzene rings is 1. The van der Waals surface area contributed by atoms with Gasteiger partial charge in [-0.05, 0) is 45.6 Å². The van der Waals surface area contributed by atoms with E-state index in [0.29, 0.717) is 19.6 Å². The SMILES string of the molecule is Cc1ccc(OC2CN(C(=O)CN3CCCN(C)CC3)C2)cc1. The van der Waals surface area contributed by atoms with Crippen LogP contribution in [0.1, 0.15) is 12.0 Å². The summed E-state index contributed by atoms with van der Waals surface area (Å²) in [6.45, 7) is 8.21. The standard InChI is InChI=1S/C18H27N3O2/c1-15-4-6-16(7-5-15)23-17-12-21(13-17)18(22)14-20-9-3-8-19(2)10-11-20/h4-7,17H,3,8-14H2,1-2H3. The first kappa shape index (κ1) is 16.3. The van der Waals surface area contributed by atoms with E-state index in [9.17, 15) is 4.79 Å². The Morgan fingerprint density at radius 3 is 2.61 bits per heavy atom. The fourth-order valence-electron chi connectivity index (χ4n) is 3.07. The van der Waals surface area contributed by atoms with Crippen LogP contribution in [-0.2, 0) is 4.79 Å². The molecule has 3 rings (SSSR count). The lowest BCUT2D eigenvalue weighted by molar-refractivity contribution is -0.141. The van der Waals surface area contributed by atoms with Crippen LogP contribution in [0.4, 0.5) is 0 Å². The van der Waals surface area contributed by atoms with Gasteiger partial charge in [0.05, 0.1) is 19.6 Å². The summed E-state index contributed by atoms with van der Waals surface area (Å²) < 4.78 is 5.90. The largest absolute Gasteiger partial charge is 0.487 e. The quantitative estimate of drug-likeness (QED) is 0.837. The van der Waals surface area contributed by atoms with Crippen LogP contribution in [0.25, 0.3) is 0 Å². The van der Waals surface area contributed by atoms with Gasteiger partial charge in [-0.1, -0.05) is 17.7 Å². The molecule has 0 N–H and O–H groups in total. The summed E-state index contributed by atoms with van der Waals surface area (Å²) in [6, 6.07) is 8.08. The normalized spacial score (nSPS) is 20.9. The molecule has 126 valence electrons. The third kappa shape index (κ3) is 4.45. The second kappa shape index (κ2) is 7.32. The number of aryl methyl sites for hydroxylation is 1. The second-order valence-electron chi connectivity index (χ2n) is 6.78. The minimum Gasteiger partial charge on any atom is -0.487 e. The molecule has 5 heteroatoms. The zero-order valence-electron chi connectivity index (χ0n) is 14.2. The Morgan fingerprint density at radius 1 is 1.13 bits per heavy atom. The molecule has 0 atom stereocenters. The van der Waals surface area contributed by atoms with Crippen molar-refractivity contribution in [2.45, 2.75) is 19.4 Å². The van der Waals surface area contributed by atoms with Crippen LogP contribution in [0.15, 0.2) is 24.3 Å². The number of nitrogens with zero attached hydrogens (tertiary/aromatic N) is 3. The lowest BCUT2D eigenvalue weighted by Gasteiger charge is -2.40. The number of hydrogen-bond donors (Lipinski definition) is 0. The molecule has 0 radical (unpaired) electrons. The number of likely N-dealkylation sites (tertiary alicyclic amines) is 1. The van der Waals surface area contributed by atoms with Crippen LogP contribution in [0.5, 0.6) is 5.75 Å². The Bertz CT molecular complexity index is 526. The van der Waals surface area contributed by atoms with E-state index in [0.717, 1.165) is 38.3 Å². The summed E-state index contributed by atoms with van der Waals surface area (Å²) in [5.74, 6) is 1.13. The van der Waals surface area contributed by atoms with Crippen LogP contribution in [0, 0.1) is 6.92 Å². The minimum absolute atomic E-state index is 0.136. The molecule has 1 aromatic rings. The molecule has 23 heavy (non-hydrogen) atoms. The van der Waals surface area contributed by atoms with Gasteiger partial charge in [0.2, 0.25) is 5.91 Å². The molecular weight excluding hydrogens is 290 g/mol. The molecule has 1 aromatic carbocycles. The van der Waals surface area contributed by atoms with Crippen molar-refractivity contribution in [3.63, 3.8) is 0 Å². The summed E-state index contributed by atoms with van der Waals surface area (Å²) in [6.07, 6.45) is 1.28. The van der Waals surface area contributed by atoms with Crippen LogP contribution in [-0.4, -0.2) is 79.6 Å². The second-order valence-corrected chi connectivity index (χ2v) is 6.78. The lowest BCUT2D eigenvalue weighted by Crippen LogP contribution is -2.58. The molecule has 2 heterocycles. The Hall–Kier alpha value is -1.59. The summed E-state index contributed by atoms with van der Waals surface area (Å²) in [4.78, 5) is 18.9. The highest BCUT2D eigenvalue weighted by Crippen LogP contribution is 2.19. The van der Waals surface area contributed by atoms with E-state index in [-0.39, 0.29) is 12.0 Å². The number of ether oxygens (including phenoxy) is 1. The van der Waals surface area contributed by atoms with Crippen LogP contribution in [0.3, 0.4) is 0 Å². The zero-order valence-corrected chi connectivity index (χ0v) is 14.2. The van der Waals surface area contributed by atoms with E-state index >= 15 is 0 Å². The van der Waals surface area contributed by atoms with Crippen molar-refractivity contribution in [1.82, 2.24) is 14.7 Å². The van der Waals surface area contributed by atoms with E-state index in [1.165, 1.54) is 5.56 Å². The maximum atomic E-state index is 12.3. The molecule has 2 aliphatic heterocycles. The van der Waals surface area contributed by atoms with Crippen molar-refractivity contribution in [1.29, 1.82) is 0 Å². The predicted octanol–water partition coefficient (Wildman–Crippen LogP) is 1.22. The number of hydrogen-bond acceptors (Lipinski definition) is 4. The van der Waals surface area contributed by atoms with Crippen molar-refractivity contribution >= 4 is 5.91 Å². The Balaban J connectivity index is 1.40. The molecule has 0 unspecified atom stereocenters. The van der Waals surface area contributed by atoms with Gasteiger partial charge in [-0.15, -0.1) is 0 Å². The van der Waals surface area contributed by atoms with Gasteiger partial charge in [0.15, 0.2) is 0 Å². The monoisotopic (exact) mass is 317 g/mol. The Labute approximate surface area is 138 Å². The first-order valence-corrected chi connectivity index (χ1v) is 8.52. The fraction of sp³-hybridized carbons (Fsp3) is 0.611. The van der Waals surface area contributed by atoms with E-state index in [1.807, 2.05) is 29.2 Å². The van der Waals surface area contributed by atoms with Crippen molar-refractivity contribution in [2.75, 3.05) is 52.9 Å². The van der Waals surface area contributed by atoms with E-state index in [1.54, 1.807) is 0 Å². The van der Waals surface area contributed by atoms with E-state index in [2.05, 4.69) is 23.8 Å². The molecule has 1 amide bonds. The van der Waals surface area contributed by atoms with Crippen LogP contribution >= 0.6 is 0 Å². The summed E-state index contributed by atoms with van der Waals surface area (Å²) >= 11 is 0. The average molecular weight is 317 g/mol. The maximum Gasteiger partial charge on any atom is 0.237 e. The third-order valence-corrected chi connectivity index (χ3v) is 4.70. The summed E-state index contributed by atoms with van der Waals surface area (Å²) in [5, 5.41) is 0. The van der Waals surface area contributed by atoms with Crippen molar-refractivity contribution in [3.05, 3.63) is 29.8 Å². The van der Waals surface area contributed by atoms with Gasteiger partial charge in [-0.25, -0.2) is 0 Å². The topological polar surface area (TPSA) is 36.0 Å². The average Bonchev–Trinajstić information content (AvgIpc) is 2.69. The molecule has 2 fully saturated rings. The van der Waals surface area contributed by atoms with Crippen molar-refractivity contribution in [2.24, 2.45) is 0 Å². The smallest absolute Gasteiger partial charge is 0.237 e. The van der Waals surface area contributed by atoms with Gasteiger partial charge in [0.25, 0.3) is 0 Å². The highest BCUT2D eigenvalue weighted by Gasteiger charge is 2.32. The maximum absolute atomic E-state index is 12.3.